The van der Waals surface area contributed by atoms with E-state index < -0.39 is 5.97 Å². The predicted octanol–water partition coefficient (Wildman–Crippen LogP) is 1.19. The number of carbonyl (C=O) groups excluding carboxylic acids is 1. The second-order valence-electron chi connectivity index (χ2n) is 3.48. The number of aliphatic carboxylic acids is 1. The van der Waals surface area contributed by atoms with Gasteiger partial charge in [0.05, 0.1) is 5.92 Å². The fraction of sp³-hybridized carbons (Fsp3) is 0.600. The SMILES string of the molecule is CS/C=C/C(=O)N1CCC(C(=O)O)CC1. The minimum Gasteiger partial charge on any atom is -0.481 e. The summed E-state index contributed by atoms with van der Waals surface area (Å²) < 4.78 is 0. The number of thioether (sulfide) groups is 1. The minimum atomic E-state index is -0.748. The molecule has 1 saturated heterocycles. The third-order valence-electron chi connectivity index (χ3n) is 2.50. The highest BCUT2D eigenvalue weighted by atomic mass is 32.2. The van der Waals surface area contributed by atoms with Crippen LogP contribution in [0.15, 0.2) is 11.5 Å². The molecule has 1 aliphatic heterocycles. The van der Waals surface area contributed by atoms with Crippen LogP contribution in [0.5, 0.6) is 0 Å². The Morgan fingerprint density at radius 2 is 2.00 bits per heavy atom. The summed E-state index contributed by atoms with van der Waals surface area (Å²) in [6.45, 7) is 1.10. The zero-order valence-electron chi connectivity index (χ0n) is 8.68. The highest BCUT2D eigenvalue weighted by molar-refractivity contribution is 8.01. The predicted molar refractivity (Wildman–Crippen MR) is 59.6 cm³/mol. The van der Waals surface area contributed by atoms with Gasteiger partial charge in [-0.05, 0) is 24.5 Å². The number of rotatable bonds is 3. The van der Waals surface area contributed by atoms with E-state index in [0.717, 1.165) is 0 Å². The number of amides is 1. The number of likely N-dealkylation sites (tertiary alicyclic amines) is 1. The van der Waals surface area contributed by atoms with Crippen LogP contribution < -0.4 is 0 Å². The van der Waals surface area contributed by atoms with Gasteiger partial charge in [-0.15, -0.1) is 11.8 Å². The van der Waals surface area contributed by atoms with E-state index in [1.54, 1.807) is 10.3 Å². The Hall–Kier alpha value is -0.970. The van der Waals surface area contributed by atoms with Gasteiger partial charge in [0.15, 0.2) is 0 Å². The third kappa shape index (κ3) is 3.58. The van der Waals surface area contributed by atoms with E-state index in [-0.39, 0.29) is 11.8 Å². The maximum atomic E-state index is 11.5. The van der Waals surface area contributed by atoms with Crippen molar-refractivity contribution in [2.45, 2.75) is 12.8 Å². The van der Waals surface area contributed by atoms with E-state index >= 15 is 0 Å². The van der Waals surface area contributed by atoms with Crippen LogP contribution in [0.2, 0.25) is 0 Å². The fourth-order valence-corrected chi connectivity index (χ4v) is 1.83. The Labute approximate surface area is 93.3 Å². The second kappa shape index (κ2) is 5.80. The molecule has 1 amide bonds. The van der Waals surface area contributed by atoms with E-state index in [0.29, 0.717) is 25.9 Å². The van der Waals surface area contributed by atoms with Crippen molar-refractivity contribution in [3.8, 4) is 0 Å². The molecule has 15 heavy (non-hydrogen) atoms. The molecule has 0 aromatic rings. The summed E-state index contributed by atoms with van der Waals surface area (Å²) in [5, 5.41) is 10.5. The smallest absolute Gasteiger partial charge is 0.306 e. The normalized spacial score (nSPS) is 18.3. The van der Waals surface area contributed by atoms with E-state index in [1.807, 2.05) is 6.26 Å². The van der Waals surface area contributed by atoms with Crippen molar-refractivity contribution >= 4 is 23.6 Å². The van der Waals surface area contributed by atoms with E-state index in [2.05, 4.69) is 0 Å². The second-order valence-corrected chi connectivity index (χ2v) is 4.22. The molecule has 1 aliphatic rings. The average Bonchev–Trinajstić information content (AvgIpc) is 2.26. The zero-order valence-corrected chi connectivity index (χ0v) is 9.50. The molecule has 0 spiro atoms. The fourth-order valence-electron chi connectivity index (χ4n) is 1.58. The lowest BCUT2D eigenvalue weighted by molar-refractivity contribution is -0.144. The quantitative estimate of drug-likeness (QED) is 0.738. The summed E-state index contributed by atoms with van der Waals surface area (Å²) in [5.74, 6) is -1.05. The van der Waals surface area contributed by atoms with Crippen LogP contribution in [0.4, 0.5) is 0 Å². The monoisotopic (exact) mass is 229 g/mol. The molecule has 0 radical (unpaired) electrons. The number of hydrogen-bond acceptors (Lipinski definition) is 3. The first kappa shape index (κ1) is 12.1. The zero-order chi connectivity index (χ0) is 11.3. The molecule has 1 heterocycles. The van der Waals surface area contributed by atoms with E-state index in [9.17, 15) is 9.59 Å². The van der Waals surface area contributed by atoms with Gasteiger partial charge in [-0.1, -0.05) is 0 Å². The Kier molecular flexibility index (Phi) is 4.68. The lowest BCUT2D eigenvalue weighted by atomic mass is 9.97. The molecule has 0 unspecified atom stereocenters. The topological polar surface area (TPSA) is 57.6 Å². The Bertz CT molecular complexity index is 270. The molecule has 1 N–H and O–H groups in total. The van der Waals surface area contributed by atoms with Crippen molar-refractivity contribution in [2.75, 3.05) is 19.3 Å². The first-order valence-electron chi connectivity index (χ1n) is 4.86. The van der Waals surface area contributed by atoms with Gasteiger partial charge >= 0.3 is 5.97 Å². The summed E-state index contributed by atoms with van der Waals surface area (Å²) in [7, 11) is 0. The molecule has 4 nitrogen and oxygen atoms in total. The number of carboxylic acids is 1. The summed E-state index contributed by atoms with van der Waals surface area (Å²) in [5.41, 5.74) is 0. The van der Waals surface area contributed by atoms with Gasteiger partial charge in [0.25, 0.3) is 0 Å². The summed E-state index contributed by atoms with van der Waals surface area (Å²) in [6, 6.07) is 0. The van der Waals surface area contributed by atoms with Crippen molar-refractivity contribution in [1.29, 1.82) is 0 Å². The molecular formula is C10H15NO3S. The molecule has 0 aromatic carbocycles. The van der Waals surface area contributed by atoms with Gasteiger partial charge in [0, 0.05) is 19.2 Å². The van der Waals surface area contributed by atoms with Crippen molar-refractivity contribution in [2.24, 2.45) is 5.92 Å². The molecule has 1 fully saturated rings. The molecule has 0 aliphatic carbocycles. The summed E-state index contributed by atoms with van der Waals surface area (Å²) in [4.78, 5) is 23.9. The number of carbonyl (C=O) groups is 2. The Balaban J connectivity index is 2.40. The van der Waals surface area contributed by atoms with Crippen LogP contribution >= 0.6 is 11.8 Å². The van der Waals surface area contributed by atoms with Gasteiger partial charge in [0.1, 0.15) is 0 Å². The standard InChI is InChI=1S/C10H15NO3S/c1-15-7-4-9(12)11-5-2-8(3-6-11)10(13)14/h4,7-8H,2-3,5-6H2,1H3,(H,13,14)/b7-4+. The average molecular weight is 229 g/mol. The maximum Gasteiger partial charge on any atom is 0.306 e. The molecule has 0 saturated carbocycles. The molecular weight excluding hydrogens is 214 g/mol. The largest absolute Gasteiger partial charge is 0.481 e. The number of piperidine rings is 1. The number of hydrogen-bond donors (Lipinski definition) is 1. The van der Waals surface area contributed by atoms with Gasteiger partial charge < -0.3 is 10.0 Å². The first-order chi connectivity index (χ1) is 7.15. The molecule has 84 valence electrons. The lowest BCUT2D eigenvalue weighted by Crippen LogP contribution is -2.39. The number of nitrogens with zero attached hydrogens (tertiary/aromatic N) is 1. The van der Waals surface area contributed by atoms with Crippen molar-refractivity contribution in [1.82, 2.24) is 4.90 Å². The third-order valence-corrected chi connectivity index (χ3v) is 2.91. The van der Waals surface area contributed by atoms with Crippen LogP contribution in [0.3, 0.4) is 0 Å². The van der Waals surface area contributed by atoms with Crippen molar-refractivity contribution in [3.05, 3.63) is 11.5 Å². The van der Waals surface area contributed by atoms with Crippen molar-refractivity contribution < 1.29 is 14.7 Å². The Morgan fingerprint density at radius 1 is 1.40 bits per heavy atom. The number of carboxylic acid groups (broad SMARTS) is 1. The lowest BCUT2D eigenvalue weighted by Gasteiger charge is -2.29. The summed E-state index contributed by atoms with van der Waals surface area (Å²) >= 11 is 1.48. The maximum absolute atomic E-state index is 11.5. The summed E-state index contributed by atoms with van der Waals surface area (Å²) in [6.07, 6.45) is 4.55. The Morgan fingerprint density at radius 3 is 2.47 bits per heavy atom. The van der Waals surface area contributed by atoms with Crippen LogP contribution in [-0.2, 0) is 9.59 Å². The van der Waals surface area contributed by atoms with Crippen LogP contribution in [0, 0.1) is 5.92 Å². The molecule has 5 heteroatoms. The van der Waals surface area contributed by atoms with E-state index in [1.165, 1.54) is 17.8 Å². The highest BCUT2D eigenvalue weighted by Gasteiger charge is 2.25. The molecule has 0 aromatic heterocycles. The first-order valence-corrected chi connectivity index (χ1v) is 6.15. The van der Waals surface area contributed by atoms with E-state index in [4.69, 9.17) is 5.11 Å². The highest BCUT2D eigenvalue weighted by Crippen LogP contribution is 2.17. The van der Waals surface area contributed by atoms with Gasteiger partial charge in [-0.2, -0.15) is 0 Å². The molecule has 0 atom stereocenters. The van der Waals surface area contributed by atoms with Crippen molar-refractivity contribution in [3.63, 3.8) is 0 Å². The van der Waals surface area contributed by atoms with Crippen LogP contribution in [-0.4, -0.2) is 41.2 Å². The minimum absolute atomic E-state index is 0.0202. The van der Waals surface area contributed by atoms with Gasteiger partial charge in [-0.25, -0.2) is 0 Å². The molecule has 1 rings (SSSR count). The van der Waals surface area contributed by atoms with Crippen LogP contribution in [0.1, 0.15) is 12.8 Å². The van der Waals surface area contributed by atoms with Gasteiger partial charge in [0.2, 0.25) is 5.91 Å². The molecule has 0 bridgehead atoms. The van der Waals surface area contributed by atoms with Crippen LogP contribution in [0.25, 0.3) is 0 Å². The van der Waals surface area contributed by atoms with Gasteiger partial charge in [-0.3, -0.25) is 9.59 Å².